The van der Waals surface area contributed by atoms with Crippen LogP contribution in [0.1, 0.15) is 15.9 Å². The Morgan fingerprint density at radius 2 is 1.85 bits per heavy atom. The van der Waals surface area contributed by atoms with Crippen LogP contribution >= 0.6 is 24.0 Å². The van der Waals surface area contributed by atoms with E-state index in [1.54, 1.807) is 36.4 Å². The van der Waals surface area contributed by atoms with E-state index in [0.29, 0.717) is 21.5 Å². The van der Waals surface area contributed by atoms with Crippen LogP contribution in [0, 0.1) is 5.82 Å². The van der Waals surface area contributed by atoms with Gasteiger partial charge >= 0.3 is 5.97 Å². The topological polar surface area (TPSA) is 46.6 Å². The van der Waals surface area contributed by atoms with Crippen LogP contribution in [0.2, 0.25) is 0 Å². The number of benzene rings is 2. The molecule has 0 radical (unpaired) electrons. The first-order valence-electron chi connectivity index (χ1n) is 7.92. The maximum atomic E-state index is 12.9. The van der Waals surface area contributed by atoms with E-state index in [1.165, 1.54) is 40.9 Å². The van der Waals surface area contributed by atoms with Gasteiger partial charge in [-0.15, -0.1) is 6.58 Å². The standard InChI is InChI=1S/C20H14FNO3S2/c1-2-11-22-18(23)17(27-20(22)26)12-13-3-9-16(10-4-13)25-19(24)14-5-7-15(21)8-6-14/h2-10,12H,1,11H2. The minimum absolute atomic E-state index is 0.156. The molecule has 0 unspecified atom stereocenters. The molecule has 1 aliphatic heterocycles. The number of carbonyl (C=O) groups is 2. The molecule has 0 N–H and O–H groups in total. The molecule has 7 heteroatoms. The van der Waals surface area contributed by atoms with Crippen molar-refractivity contribution in [3.63, 3.8) is 0 Å². The molecule has 2 aromatic carbocycles. The molecular weight excluding hydrogens is 385 g/mol. The van der Waals surface area contributed by atoms with Crippen molar-refractivity contribution >= 4 is 46.3 Å². The Morgan fingerprint density at radius 1 is 1.19 bits per heavy atom. The predicted octanol–water partition coefficient (Wildman–Crippen LogP) is 4.43. The molecule has 27 heavy (non-hydrogen) atoms. The van der Waals surface area contributed by atoms with Gasteiger partial charge in [0.15, 0.2) is 0 Å². The van der Waals surface area contributed by atoms with E-state index in [-0.39, 0.29) is 11.5 Å². The summed E-state index contributed by atoms with van der Waals surface area (Å²) < 4.78 is 18.7. The van der Waals surface area contributed by atoms with Crippen molar-refractivity contribution in [2.45, 2.75) is 0 Å². The van der Waals surface area contributed by atoms with Crippen molar-refractivity contribution in [1.29, 1.82) is 0 Å². The van der Waals surface area contributed by atoms with Gasteiger partial charge in [0.05, 0.1) is 10.5 Å². The van der Waals surface area contributed by atoms with Crippen molar-refractivity contribution in [3.05, 3.63) is 83.0 Å². The average molecular weight is 399 g/mol. The minimum Gasteiger partial charge on any atom is -0.423 e. The fourth-order valence-corrected chi connectivity index (χ4v) is 3.60. The molecule has 1 fully saturated rings. The number of hydrogen-bond acceptors (Lipinski definition) is 5. The molecule has 1 amide bonds. The molecule has 0 bridgehead atoms. The normalized spacial score (nSPS) is 15.3. The van der Waals surface area contributed by atoms with Gasteiger partial charge in [-0.25, -0.2) is 9.18 Å². The number of halogens is 1. The van der Waals surface area contributed by atoms with Crippen LogP contribution in [-0.2, 0) is 4.79 Å². The second kappa shape index (κ2) is 8.28. The molecule has 0 atom stereocenters. The van der Waals surface area contributed by atoms with Crippen molar-refractivity contribution < 1.29 is 18.7 Å². The summed E-state index contributed by atoms with van der Waals surface area (Å²) in [7, 11) is 0. The van der Waals surface area contributed by atoms with Gasteiger partial charge in [0.1, 0.15) is 15.9 Å². The van der Waals surface area contributed by atoms with Gasteiger partial charge in [-0.2, -0.15) is 0 Å². The van der Waals surface area contributed by atoms with Gasteiger partial charge in [-0.1, -0.05) is 42.2 Å². The first kappa shape index (κ1) is 19.0. The van der Waals surface area contributed by atoms with E-state index >= 15 is 0 Å². The van der Waals surface area contributed by atoms with Gasteiger partial charge in [0.25, 0.3) is 5.91 Å². The Morgan fingerprint density at radius 3 is 2.48 bits per heavy atom. The zero-order valence-electron chi connectivity index (χ0n) is 14.1. The zero-order valence-corrected chi connectivity index (χ0v) is 15.7. The average Bonchev–Trinajstić information content (AvgIpc) is 2.91. The number of hydrogen-bond donors (Lipinski definition) is 0. The monoisotopic (exact) mass is 399 g/mol. The van der Waals surface area contributed by atoms with Crippen LogP contribution in [0.4, 0.5) is 4.39 Å². The second-order valence-electron chi connectivity index (χ2n) is 5.55. The van der Waals surface area contributed by atoms with Crippen molar-refractivity contribution in [1.82, 2.24) is 4.90 Å². The molecule has 1 saturated heterocycles. The van der Waals surface area contributed by atoms with E-state index in [4.69, 9.17) is 17.0 Å². The lowest BCUT2D eigenvalue weighted by atomic mass is 10.2. The van der Waals surface area contributed by atoms with Crippen LogP contribution in [-0.4, -0.2) is 27.6 Å². The summed E-state index contributed by atoms with van der Waals surface area (Å²) >= 11 is 6.43. The van der Waals surface area contributed by atoms with E-state index < -0.39 is 11.8 Å². The Labute approximate surface area is 165 Å². The van der Waals surface area contributed by atoms with E-state index in [1.807, 2.05) is 0 Å². The number of carbonyl (C=O) groups excluding carboxylic acids is 2. The number of esters is 1. The van der Waals surface area contributed by atoms with Gasteiger partial charge in [0.2, 0.25) is 0 Å². The molecule has 4 nitrogen and oxygen atoms in total. The number of thioether (sulfide) groups is 1. The molecule has 3 rings (SSSR count). The summed E-state index contributed by atoms with van der Waals surface area (Å²) in [6.07, 6.45) is 3.35. The highest BCUT2D eigenvalue weighted by molar-refractivity contribution is 8.26. The highest BCUT2D eigenvalue weighted by Crippen LogP contribution is 2.32. The third-order valence-electron chi connectivity index (χ3n) is 3.65. The maximum absolute atomic E-state index is 12.9. The Hall–Kier alpha value is -2.77. The summed E-state index contributed by atoms with van der Waals surface area (Å²) in [6, 6.07) is 11.8. The number of rotatable bonds is 5. The lowest BCUT2D eigenvalue weighted by Crippen LogP contribution is -2.27. The fourth-order valence-electron chi connectivity index (χ4n) is 2.32. The third-order valence-corrected chi connectivity index (χ3v) is 5.03. The molecule has 0 spiro atoms. The first-order valence-corrected chi connectivity index (χ1v) is 9.14. The quantitative estimate of drug-likeness (QED) is 0.245. The maximum Gasteiger partial charge on any atom is 0.343 e. The highest BCUT2D eigenvalue weighted by atomic mass is 32.2. The van der Waals surface area contributed by atoms with E-state index in [0.717, 1.165) is 5.56 Å². The molecule has 1 heterocycles. The lowest BCUT2D eigenvalue weighted by molar-refractivity contribution is -0.121. The highest BCUT2D eigenvalue weighted by Gasteiger charge is 2.30. The smallest absolute Gasteiger partial charge is 0.343 e. The number of thiocarbonyl (C=S) groups is 1. The van der Waals surface area contributed by atoms with Crippen molar-refractivity contribution in [2.24, 2.45) is 0 Å². The Kier molecular flexibility index (Phi) is 5.83. The largest absolute Gasteiger partial charge is 0.423 e. The second-order valence-corrected chi connectivity index (χ2v) is 7.22. The predicted molar refractivity (Wildman–Crippen MR) is 108 cm³/mol. The molecular formula is C20H14FNO3S2. The lowest BCUT2D eigenvalue weighted by Gasteiger charge is -2.10. The fraction of sp³-hybridized carbons (Fsp3) is 0.0500. The number of nitrogens with zero attached hydrogens (tertiary/aromatic N) is 1. The zero-order chi connectivity index (χ0) is 19.4. The van der Waals surface area contributed by atoms with Gasteiger partial charge in [-0.05, 0) is 48.0 Å². The number of ether oxygens (including phenoxy) is 1. The van der Waals surface area contributed by atoms with Gasteiger partial charge in [-0.3, -0.25) is 9.69 Å². The first-order chi connectivity index (χ1) is 13.0. The summed E-state index contributed by atoms with van der Waals surface area (Å²) in [5, 5.41) is 0. The summed E-state index contributed by atoms with van der Waals surface area (Å²) in [5.74, 6) is -0.806. The van der Waals surface area contributed by atoms with Gasteiger partial charge in [0, 0.05) is 6.54 Å². The molecule has 0 aliphatic carbocycles. The Balaban J connectivity index is 1.69. The molecule has 2 aromatic rings. The van der Waals surface area contributed by atoms with Crippen LogP contribution in [0.3, 0.4) is 0 Å². The van der Waals surface area contributed by atoms with Crippen LogP contribution < -0.4 is 4.74 Å². The van der Waals surface area contributed by atoms with Crippen molar-refractivity contribution in [3.8, 4) is 5.75 Å². The Bertz CT molecular complexity index is 937. The third kappa shape index (κ3) is 4.50. The minimum atomic E-state index is -0.576. The van der Waals surface area contributed by atoms with Gasteiger partial charge < -0.3 is 4.74 Å². The van der Waals surface area contributed by atoms with Crippen LogP contribution in [0.5, 0.6) is 5.75 Å². The molecule has 0 aromatic heterocycles. The summed E-state index contributed by atoms with van der Waals surface area (Å²) in [6.45, 7) is 3.99. The number of amides is 1. The van der Waals surface area contributed by atoms with E-state index in [9.17, 15) is 14.0 Å². The summed E-state index contributed by atoms with van der Waals surface area (Å²) in [5.41, 5.74) is 1.03. The molecule has 0 saturated carbocycles. The molecule has 1 aliphatic rings. The van der Waals surface area contributed by atoms with Crippen LogP contribution in [0.15, 0.2) is 66.1 Å². The van der Waals surface area contributed by atoms with Crippen LogP contribution in [0.25, 0.3) is 6.08 Å². The van der Waals surface area contributed by atoms with Crippen molar-refractivity contribution in [2.75, 3.05) is 6.54 Å². The van der Waals surface area contributed by atoms with E-state index in [2.05, 4.69) is 6.58 Å². The summed E-state index contributed by atoms with van der Waals surface area (Å²) in [4.78, 5) is 26.4. The molecule has 136 valence electrons. The SMILES string of the molecule is C=CCN1C(=O)C(=Cc2ccc(OC(=O)c3ccc(F)cc3)cc2)SC1=S.